The van der Waals surface area contributed by atoms with Gasteiger partial charge in [-0.15, -0.1) is 0 Å². The highest BCUT2D eigenvalue weighted by Gasteiger charge is 2.28. The molecule has 8 heteroatoms. The molecule has 0 rings (SSSR count). The Bertz CT molecular complexity index is 563. The van der Waals surface area contributed by atoms with E-state index in [-0.39, 0.29) is 18.8 Å². The minimum absolute atomic E-state index is 0.000413. The number of nitrogens with zero attached hydrogens (tertiary/aromatic N) is 1. The Morgan fingerprint density at radius 1 is 0.769 bits per heavy atom. The van der Waals surface area contributed by atoms with Crippen LogP contribution in [-0.2, 0) is 28.5 Å². The number of carbonyl (C=O) groups excluding carboxylic acids is 1. The van der Waals surface area contributed by atoms with Crippen LogP contribution in [0.25, 0.3) is 0 Å². The summed E-state index contributed by atoms with van der Waals surface area (Å²) in [5.74, 6) is -1.21. The first-order valence-electron chi connectivity index (χ1n) is 15.5. The molecule has 0 aliphatic heterocycles. The summed E-state index contributed by atoms with van der Waals surface area (Å²) < 4.78 is 29.0. The highest BCUT2D eigenvalue weighted by Crippen LogP contribution is 2.16. The summed E-state index contributed by atoms with van der Waals surface area (Å²) in [6, 6.07) is 0. The predicted octanol–water partition coefficient (Wildman–Crippen LogP) is 4.54. The molecule has 3 atom stereocenters. The smallest absolute Gasteiger partial charge is 0.105 e. The minimum atomic E-state index is -1.21. The van der Waals surface area contributed by atoms with E-state index in [1.54, 1.807) is 0 Å². The second-order valence-corrected chi connectivity index (χ2v) is 10.7. The van der Waals surface area contributed by atoms with E-state index in [9.17, 15) is 9.90 Å². The highest BCUT2D eigenvalue weighted by atomic mass is 16.6. The van der Waals surface area contributed by atoms with E-state index < -0.39 is 12.6 Å². The third kappa shape index (κ3) is 24.5. The van der Waals surface area contributed by atoms with Crippen molar-refractivity contribution in [2.24, 2.45) is 0 Å². The quantitative estimate of drug-likeness (QED) is 0.0700. The molecule has 0 saturated carbocycles. The lowest BCUT2D eigenvalue weighted by atomic mass is 10.1. The van der Waals surface area contributed by atoms with Crippen LogP contribution >= 0.6 is 0 Å². The van der Waals surface area contributed by atoms with Gasteiger partial charge in [0.25, 0.3) is 0 Å². The summed E-state index contributed by atoms with van der Waals surface area (Å²) in [5.41, 5.74) is 0. The molecule has 0 N–H and O–H groups in total. The second kappa shape index (κ2) is 27.2. The number of carbonyl (C=O) groups is 1. The molecule has 0 amide bonds. The Balaban J connectivity index is 4.69. The lowest BCUT2D eigenvalue weighted by Crippen LogP contribution is -2.54. The van der Waals surface area contributed by atoms with Crippen molar-refractivity contribution in [3.05, 3.63) is 12.7 Å². The molecule has 0 aliphatic carbocycles. The number of aliphatic carboxylic acids is 1. The zero-order valence-electron chi connectivity index (χ0n) is 25.8. The predicted molar refractivity (Wildman–Crippen MR) is 156 cm³/mol. The monoisotopic (exact) mass is 559 g/mol. The van der Waals surface area contributed by atoms with E-state index in [0.717, 1.165) is 30.7 Å². The lowest BCUT2D eigenvalue weighted by Gasteiger charge is -2.40. The summed E-state index contributed by atoms with van der Waals surface area (Å²) in [4.78, 5) is 10.5. The Hall–Kier alpha value is -1.03. The van der Waals surface area contributed by atoms with Crippen LogP contribution < -0.4 is 5.11 Å². The molecule has 0 bridgehead atoms. The zero-order valence-corrected chi connectivity index (χ0v) is 25.8. The number of carboxylic acids is 1. The third-order valence-electron chi connectivity index (χ3n) is 6.89. The molecule has 0 saturated heterocycles. The first-order valence-corrected chi connectivity index (χ1v) is 15.5. The summed E-state index contributed by atoms with van der Waals surface area (Å²) >= 11 is 0. The number of ether oxygens (including phenoxy) is 5. The summed E-state index contributed by atoms with van der Waals surface area (Å²) in [6.07, 6.45) is 15.2. The van der Waals surface area contributed by atoms with Crippen molar-refractivity contribution < 1.29 is 38.1 Å². The maximum Gasteiger partial charge on any atom is 0.105 e. The van der Waals surface area contributed by atoms with Crippen molar-refractivity contribution >= 4 is 5.97 Å². The van der Waals surface area contributed by atoms with Gasteiger partial charge in [-0.25, -0.2) is 0 Å². The van der Waals surface area contributed by atoms with Gasteiger partial charge in [-0.1, -0.05) is 64.9 Å². The van der Waals surface area contributed by atoms with Gasteiger partial charge in [0, 0.05) is 6.61 Å². The van der Waals surface area contributed by atoms with Crippen molar-refractivity contribution in [3.8, 4) is 0 Å². The second-order valence-electron chi connectivity index (χ2n) is 10.7. The summed E-state index contributed by atoms with van der Waals surface area (Å²) in [7, 11) is 0. The van der Waals surface area contributed by atoms with Crippen LogP contribution in [0.3, 0.4) is 0 Å². The van der Waals surface area contributed by atoms with Crippen LogP contribution in [0.5, 0.6) is 0 Å². The first-order chi connectivity index (χ1) is 18.9. The molecule has 0 radical (unpaired) electrons. The van der Waals surface area contributed by atoms with Gasteiger partial charge in [-0.3, -0.25) is 0 Å². The van der Waals surface area contributed by atoms with E-state index >= 15 is 0 Å². The van der Waals surface area contributed by atoms with Crippen molar-refractivity contribution in [2.45, 2.75) is 104 Å². The number of quaternary nitrogens is 1. The maximum atomic E-state index is 10.5. The SMILES string of the molecule is C=CC[N+](CCCCCCCCCCCC)(CCOCC(C)OCCOCC)CC(C)OCCOCC(=O)[O-]. The number of hydrogen-bond acceptors (Lipinski definition) is 7. The normalized spacial score (nSPS) is 14.7. The molecule has 0 aromatic carbocycles. The van der Waals surface area contributed by atoms with E-state index in [2.05, 4.69) is 20.4 Å². The van der Waals surface area contributed by atoms with Crippen molar-refractivity contribution in [1.82, 2.24) is 0 Å². The van der Waals surface area contributed by atoms with Crippen LogP contribution in [-0.4, -0.2) is 102 Å². The van der Waals surface area contributed by atoms with Gasteiger partial charge in [0.2, 0.25) is 0 Å². The van der Waals surface area contributed by atoms with Gasteiger partial charge < -0.3 is 38.1 Å². The van der Waals surface area contributed by atoms with E-state index in [1.165, 1.54) is 64.2 Å². The van der Waals surface area contributed by atoms with Crippen molar-refractivity contribution in [3.63, 3.8) is 0 Å². The third-order valence-corrected chi connectivity index (χ3v) is 6.89. The average Bonchev–Trinajstić information content (AvgIpc) is 2.90. The lowest BCUT2D eigenvalue weighted by molar-refractivity contribution is -0.926. The zero-order chi connectivity index (χ0) is 29.0. The van der Waals surface area contributed by atoms with Gasteiger partial charge in [0.05, 0.1) is 71.4 Å². The number of unbranched alkanes of at least 4 members (excludes halogenated alkanes) is 9. The molecule has 0 aromatic heterocycles. The maximum absolute atomic E-state index is 10.5. The van der Waals surface area contributed by atoms with E-state index in [4.69, 9.17) is 23.7 Å². The fourth-order valence-electron chi connectivity index (χ4n) is 4.83. The molecule has 0 fully saturated rings. The molecule has 0 heterocycles. The van der Waals surface area contributed by atoms with E-state index in [1.807, 2.05) is 19.9 Å². The molecule has 0 aromatic rings. The van der Waals surface area contributed by atoms with Gasteiger partial charge >= 0.3 is 0 Å². The standard InChI is InChI=1S/C31H61NO7/c1-6-9-10-11-12-13-14-15-16-17-19-32(18-7-2,26-29(4)38-25-23-37-28-31(33)34)20-21-36-27-30(5)39-24-22-35-8-3/h7,29-30H,2,6,8-28H2,1,3-5H3. The summed E-state index contributed by atoms with van der Waals surface area (Å²) in [5, 5.41) is 10.5. The van der Waals surface area contributed by atoms with Crippen molar-refractivity contribution in [1.29, 1.82) is 0 Å². The topological polar surface area (TPSA) is 86.3 Å². The van der Waals surface area contributed by atoms with Crippen LogP contribution in [0.1, 0.15) is 91.9 Å². The van der Waals surface area contributed by atoms with Gasteiger partial charge in [-0.2, -0.15) is 0 Å². The number of rotatable bonds is 31. The molecular weight excluding hydrogens is 498 g/mol. The molecule has 232 valence electrons. The molecule has 39 heavy (non-hydrogen) atoms. The number of carboxylic acid groups (broad SMARTS) is 1. The first kappa shape index (κ1) is 38.0. The Morgan fingerprint density at radius 2 is 1.36 bits per heavy atom. The van der Waals surface area contributed by atoms with E-state index in [0.29, 0.717) is 39.6 Å². The van der Waals surface area contributed by atoms with Gasteiger partial charge in [0.1, 0.15) is 19.2 Å². The van der Waals surface area contributed by atoms with Gasteiger partial charge in [-0.05, 0) is 39.7 Å². The van der Waals surface area contributed by atoms with Crippen LogP contribution in [0.4, 0.5) is 0 Å². The average molecular weight is 560 g/mol. The summed E-state index contributed by atoms with van der Waals surface area (Å²) in [6.45, 7) is 19.3. The fraction of sp³-hybridized carbons (Fsp3) is 0.903. The fourth-order valence-corrected chi connectivity index (χ4v) is 4.83. The van der Waals surface area contributed by atoms with Crippen LogP contribution in [0.2, 0.25) is 0 Å². The van der Waals surface area contributed by atoms with Crippen LogP contribution in [0, 0.1) is 0 Å². The molecule has 0 spiro atoms. The number of hydrogen-bond donors (Lipinski definition) is 0. The Kier molecular flexibility index (Phi) is 26.4. The largest absolute Gasteiger partial charge is 0.548 e. The minimum Gasteiger partial charge on any atom is -0.548 e. The molecule has 8 nitrogen and oxygen atoms in total. The molecule has 0 aliphatic rings. The van der Waals surface area contributed by atoms with Crippen molar-refractivity contribution in [2.75, 3.05) is 79.0 Å². The van der Waals surface area contributed by atoms with Crippen LogP contribution in [0.15, 0.2) is 12.7 Å². The van der Waals surface area contributed by atoms with Gasteiger partial charge in [0.15, 0.2) is 0 Å². The molecule has 3 unspecified atom stereocenters. The Labute approximate surface area is 239 Å². The highest BCUT2D eigenvalue weighted by molar-refractivity contribution is 5.65. The Morgan fingerprint density at radius 3 is 1.95 bits per heavy atom. The molecular formula is C31H61NO7.